The van der Waals surface area contributed by atoms with Crippen molar-refractivity contribution in [2.24, 2.45) is 5.92 Å². The minimum Gasteiger partial charge on any atom is -0.380 e. The van der Waals surface area contributed by atoms with Crippen LogP contribution in [0.25, 0.3) is 0 Å². The molecule has 100 valence electrons. The van der Waals surface area contributed by atoms with Gasteiger partial charge in [-0.05, 0) is 38.3 Å². The topological polar surface area (TPSA) is 58.6 Å². The fourth-order valence-electron chi connectivity index (χ4n) is 2.59. The van der Waals surface area contributed by atoms with E-state index in [0.29, 0.717) is 24.8 Å². The lowest BCUT2D eigenvalue weighted by Gasteiger charge is -2.25. The predicted molar refractivity (Wildman–Crippen MR) is 66.4 cm³/mol. The second kappa shape index (κ2) is 5.65. The minimum atomic E-state index is -3.08. The van der Waals surface area contributed by atoms with Gasteiger partial charge in [0.05, 0.1) is 11.9 Å². The Morgan fingerprint density at radius 3 is 2.59 bits per heavy atom. The highest BCUT2D eigenvalue weighted by Gasteiger charge is 2.33. The summed E-state index contributed by atoms with van der Waals surface area (Å²) in [6, 6.07) is 0. The molecule has 0 aromatic rings. The molecule has 2 heterocycles. The molecule has 0 aromatic heterocycles. The van der Waals surface area contributed by atoms with Gasteiger partial charge in [0.1, 0.15) is 0 Å². The van der Waals surface area contributed by atoms with E-state index in [2.05, 4.69) is 5.32 Å². The summed E-state index contributed by atoms with van der Waals surface area (Å²) < 4.78 is 31.2. The Balaban J connectivity index is 1.90. The molecule has 1 unspecified atom stereocenters. The molecule has 0 saturated carbocycles. The highest BCUT2D eigenvalue weighted by molar-refractivity contribution is 7.89. The van der Waals surface area contributed by atoms with Crippen LogP contribution in [-0.2, 0) is 14.8 Å². The summed E-state index contributed by atoms with van der Waals surface area (Å²) in [5, 5.41) is 3.26. The maximum absolute atomic E-state index is 12.2. The first-order chi connectivity index (χ1) is 8.12. The van der Waals surface area contributed by atoms with Crippen LogP contribution in [0.1, 0.15) is 19.3 Å². The first-order valence-corrected chi connectivity index (χ1v) is 7.94. The normalized spacial score (nSPS) is 28.6. The molecule has 0 aliphatic carbocycles. The molecule has 0 bridgehead atoms. The highest BCUT2D eigenvalue weighted by atomic mass is 32.2. The molecule has 2 aliphatic heterocycles. The van der Waals surface area contributed by atoms with Crippen molar-refractivity contribution in [1.82, 2.24) is 9.62 Å². The number of hydrogen-bond donors (Lipinski definition) is 1. The molecular formula is C11H22N2O3S. The van der Waals surface area contributed by atoms with Gasteiger partial charge in [0.15, 0.2) is 0 Å². The van der Waals surface area contributed by atoms with Crippen molar-refractivity contribution >= 4 is 10.0 Å². The van der Waals surface area contributed by atoms with Crippen LogP contribution in [0.4, 0.5) is 0 Å². The first kappa shape index (κ1) is 13.3. The summed E-state index contributed by atoms with van der Waals surface area (Å²) in [6.45, 7) is 3.04. The van der Waals surface area contributed by atoms with Crippen molar-refractivity contribution < 1.29 is 13.2 Å². The number of rotatable bonds is 4. The Hall–Kier alpha value is -0.170. The molecule has 0 spiro atoms. The second-order valence-corrected chi connectivity index (χ2v) is 6.99. The second-order valence-electron chi connectivity index (χ2n) is 4.98. The predicted octanol–water partition coefficient (Wildman–Crippen LogP) is 0.0365. The van der Waals surface area contributed by atoms with E-state index >= 15 is 0 Å². The molecule has 2 rings (SSSR count). The average Bonchev–Trinajstić information content (AvgIpc) is 2.79. The smallest absolute Gasteiger partial charge is 0.214 e. The SMILES string of the molecule is COC1CCN(S(=O)(=O)CC2CCNCC2)C1. The molecule has 0 amide bonds. The Bertz CT molecular complexity index is 339. The Labute approximate surface area is 104 Å². The fraction of sp³-hybridized carbons (Fsp3) is 1.00. The van der Waals surface area contributed by atoms with Gasteiger partial charge >= 0.3 is 0 Å². The number of piperidine rings is 1. The summed E-state index contributed by atoms with van der Waals surface area (Å²) >= 11 is 0. The third-order valence-electron chi connectivity index (χ3n) is 3.74. The molecular weight excluding hydrogens is 240 g/mol. The van der Waals surface area contributed by atoms with Crippen LogP contribution in [-0.4, -0.2) is 57.9 Å². The zero-order valence-electron chi connectivity index (χ0n) is 10.4. The third kappa shape index (κ3) is 3.40. The van der Waals surface area contributed by atoms with Gasteiger partial charge in [0.25, 0.3) is 0 Å². The van der Waals surface area contributed by atoms with Crippen LogP contribution in [0.3, 0.4) is 0 Å². The molecule has 0 radical (unpaired) electrons. The Morgan fingerprint density at radius 2 is 2.00 bits per heavy atom. The van der Waals surface area contributed by atoms with Crippen molar-refractivity contribution in [2.45, 2.75) is 25.4 Å². The summed E-state index contributed by atoms with van der Waals surface area (Å²) in [5.74, 6) is 0.633. The van der Waals surface area contributed by atoms with Gasteiger partial charge in [-0.3, -0.25) is 0 Å². The maximum atomic E-state index is 12.2. The highest BCUT2D eigenvalue weighted by Crippen LogP contribution is 2.21. The molecule has 5 nitrogen and oxygen atoms in total. The van der Waals surface area contributed by atoms with Crippen LogP contribution in [0.2, 0.25) is 0 Å². The summed E-state index contributed by atoms with van der Waals surface area (Å²) in [6.07, 6.45) is 2.85. The van der Waals surface area contributed by atoms with Crippen LogP contribution in [0.15, 0.2) is 0 Å². The molecule has 0 aromatic carbocycles. The standard InChI is InChI=1S/C11H22N2O3S/c1-16-11-4-7-13(8-11)17(14,15)9-10-2-5-12-6-3-10/h10-12H,2-9H2,1H3. The van der Waals surface area contributed by atoms with Crippen molar-refractivity contribution in [3.8, 4) is 0 Å². The van der Waals surface area contributed by atoms with E-state index in [-0.39, 0.29) is 6.10 Å². The maximum Gasteiger partial charge on any atom is 0.214 e. The molecule has 17 heavy (non-hydrogen) atoms. The number of nitrogens with one attached hydrogen (secondary N) is 1. The van der Waals surface area contributed by atoms with Crippen LogP contribution in [0, 0.1) is 5.92 Å². The number of ether oxygens (including phenoxy) is 1. The lowest BCUT2D eigenvalue weighted by Crippen LogP contribution is -2.37. The van der Waals surface area contributed by atoms with Gasteiger partial charge in [-0.1, -0.05) is 0 Å². The summed E-state index contributed by atoms with van der Waals surface area (Å²) in [7, 11) is -1.43. The summed E-state index contributed by atoms with van der Waals surface area (Å²) in [4.78, 5) is 0. The van der Waals surface area contributed by atoms with Crippen molar-refractivity contribution in [2.75, 3.05) is 39.0 Å². The van der Waals surface area contributed by atoms with E-state index in [1.54, 1.807) is 11.4 Å². The van der Waals surface area contributed by atoms with Gasteiger partial charge in [0.2, 0.25) is 10.0 Å². The molecule has 2 aliphatic rings. The molecule has 2 fully saturated rings. The number of sulfonamides is 1. The van der Waals surface area contributed by atoms with Crippen molar-refractivity contribution in [3.63, 3.8) is 0 Å². The lowest BCUT2D eigenvalue weighted by molar-refractivity contribution is 0.115. The van der Waals surface area contributed by atoms with Gasteiger partial charge in [0, 0.05) is 20.2 Å². The molecule has 2 saturated heterocycles. The molecule has 6 heteroatoms. The summed E-state index contributed by atoms with van der Waals surface area (Å²) in [5.41, 5.74) is 0. The van der Waals surface area contributed by atoms with Crippen molar-refractivity contribution in [1.29, 1.82) is 0 Å². The zero-order valence-corrected chi connectivity index (χ0v) is 11.2. The molecule has 1 N–H and O–H groups in total. The van der Waals surface area contributed by atoms with Gasteiger partial charge in [-0.15, -0.1) is 0 Å². The quantitative estimate of drug-likeness (QED) is 0.777. The average molecular weight is 262 g/mol. The van der Waals surface area contributed by atoms with Crippen LogP contribution >= 0.6 is 0 Å². The molecule has 1 atom stereocenters. The van der Waals surface area contributed by atoms with E-state index in [4.69, 9.17) is 4.74 Å². The van der Waals surface area contributed by atoms with E-state index in [0.717, 1.165) is 32.4 Å². The van der Waals surface area contributed by atoms with Gasteiger partial charge in [-0.2, -0.15) is 4.31 Å². The number of hydrogen-bond acceptors (Lipinski definition) is 4. The third-order valence-corrected chi connectivity index (χ3v) is 5.75. The lowest BCUT2D eigenvalue weighted by atomic mass is 10.0. The Kier molecular flexibility index (Phi) is 4.41. The number of methoxy groups -OCH3 is 1. The van der Waals surface area contributed by atoms with Gasteiger partial charge in [-0.25, -0.2) is 8.42 Å². The fourth-order valence-corrected chi connectivity index (χ4v) is 4.51. The number of nitrogens with zero attached hydrogens (tertiary/aromatic N) is 1. The van der Waals surface area contributed by atoms with E-state index in [1.807, 2.05) is 0 Å². The van der Waals surface area contributed by atoms with E-state index < -0.39 is 10.0 Å². The monoisotopic (exact) mass is 262 g/mol. The largest absolute Gasteiger partial charge is 0.380 e. The van der Waals surface area contributed by atoms with Crippen LogP contribution < -0.4 is 5.32 Å². The minimum absolute atomic E-state index is 0.0813. The van der Waals surface area contributed by atoms with E-state index in [1.165, 1.54) is 0 Å². The Morgan fingerprint density at radius 1 is 1.29 bits per heavy atom. The van der Waals surface area contributed by atoms with E-state index in [9.17, 15) is 8.42 Å². The van der Waals surface area contributed by atoms with Crippen LogP contribution in [0.5, 0.6) is 0 Å². The first-order valence-electron chi connectivity index (χ1n) is 6.33. The van der Waals surface area contributed by atoms with Crippen molar-refractivity contribution in [3.05, 3.63) is 0 Å². The van der Waals surface area contributed by atoms with Gasteiger partial charge < -0.3 is 10.1 Å². The zero-order chi connectivity index (χ0) is 12.3.